The van der Waals surface area contributed by atoms with Gasteiger partial charge in [-0.05, 0) is 37.5 Å². The van der Waals surface area contributed by atoms with Crippen LogP contribution in [0, 0.1) is 6.92 Å². The number of nitrogens with zero attached hydrogens (tertiary/aromatic N) is 1. The maximum absolute atomic E-state index is 6.36. The van der Waals surface area contributed by atoms with Gasteiger partial charge in [-0.3, -0.25) is 4.98 Å². The second-order valence-corrected chi connectivity index (χ2v) is 5.40. The van der Waals surface area contributed by atoms with Gasteiger partial charge in [0.15, 0.2) is 0 Å². The molecule has 2 aromatic rings. The first-order valence-electron chi connectivity index (χ1n) is 6.61. The van der Waals surface area contributed by atoms with E-state index in [-0.39, 0.29) is 0 Å². The van der Waals surface area contributed by atoms with Crippen LogP contribution in [0.5, 0.6) is 0 Å². The maximum Gasteiger partial charge on any atom is 0.0927 e. The summed E-state index contributed by atoms with van der Waals surface area (Å²) in [6.45, 7) is 7.20. The molecule has 2 rings (SSSR count). The Kier molecular flexibility index (Phi) is 4.54. The van der Waals surface area contributed by atoms with Crippen LogP contribution < -0.4 is 5.32 Å². The molecule has 0 amide bonds. The molecule has 1 aromatic carbocycles. The molecule has 2 nitrogen and oxygen atoms in total. The number of halogens is 2. The molecule has 0 radical (unpaired) electrons. The number of rotatable bonds is 4. The number of hydrogen-bond acceptors (Lipinski definition) is 2. The van der Waals surface area contributed by atoms with Crippen molar-refractivity contribution in [3.8, 4) is 0 Å². The monoisotopic (exact) mass is 296 g/mol. The van der Waals surface area contributed by atoms with Gasteiger partial charge in [0.1, 0.15) is 0 Å². The quantitative estimate of drug-likeness (QED) is 0.835. The molecule has 102 valence electrons. The second kappa shape index (κ2) is 5.98. The highest BCUT2D eigenvalue weighted by Gasteiger charge is 2.15. The van der Waals surface area contributed by atoms with E-state index < -0.39 is 0 Å². The Morgan fingerprint density at radius 3 is 2.47 bits per heavy atom. The predicted octanol–water partition coefficient (Wildman–Crippen LogP) is 5.23. The van der Waals surface area contributed by atoms with E-state index in [0.29, 0.717) is 10.0 Å². The Morgan fingerprint density at radius 1 is 1.16 bits per heavy atom. The first-order chi connectivity index (χ1) is 9.10. The molecule has 0 fully saturated rings. The molecule has 19 heavy (non-hydrogen) atoms. The van der Waals surface area contributed by atoms with Crippen molar-refractivity contribution in [1.82, 2.24) is 4.98 Å². The van der Waals surface area contributed by atoms with Crippen molar-refractivity contribution in [2.45, 2.75) is 33.6 Å². The first-order valence-corrected chi connectivity index (χ1v) is 7.36. The zero-order valence-corrected chi connectivity index (χ0v) is 13.0. The summed E-state index contributed by atoms with van der Waals surface area (Å²) in [6, 6.07) is 3.63. The first kappa shape index (κ1) is 14.4. The van der Waals surface area contributed by atoms with Gasteiger partial charge in [0.25, 0.3) is 0 Å². The third kappa shape index (κ3) is 2.65. The number of hydrogen-bond donors (Lipinski definition) is 1. The van der Waals surface area contributed by atoms with E-state index in [2.05, 4.69) is 24.1 Å². The molecule has 0 bridgehead atoms. The summed E-state index contributed by atoms with van der Waals surface area (Å²) in [5.41, 5.74) is 4.09. The minimum absolute atomic E-state index is 0.643. The molecule has 0 unspecified atom stereocenters. The van der Waals surface area contributed by atoms with Crippen molar-refractivity contribution in [3.63, 3.8) is 0 Å². The van der Waals surface area contributed by atoms with E-state index in [1.165, 1.54) is 5.56 Å². The molecule has 0 aliphatic rings. The van der Waals surface area contributed by atoms with Crippen molar-refractivity contribution in [2.75, 3.05) is 11.9 Å². The number of benzene rings is 1. The lowest BCUT2D eigenvalue weighted by Gasteiger charge is -2.17. The third-order valence-electron chi connectivity index (χ3n) is 3.25. The van der Waals surface area contributed by atoms with Gasteiger partial charge < -0.3 is 5.32 Å². The zero-order valence-electron chi connectivity index (χ0n) is 11.5. The molecule has 0 saturated heterocycles. The molecule has 4 heteroatoms. The fraction of sp³-hybridized carbons (Fsp3) is 0.400. The van der Waals surface area contributed by atoms with Crippen molar-refractivity contribution < 1.29 is 0 Å². The van der Waals surface area contributed by atoms with Crippen molar-refractivity contribution in [2.24, 2.45) is 0 Å². The second-order valence-electron chi connectivity index (χ2n) is 4.58. The van der Waals surface area contributed by atoms with Crippen LogP contribution in [-0.2, 0) is 6.42 Å². The van der Waals surface area contributed by atoms with Gasteiger partial charge in [0, 0.05) is 17.6 Å². The molecule has 0 atom stereocenters. The van der Waals surface area contributed by atoms with Gasteiger partial charge >= 0.3 is 0 Å². The lowest BCUT2D eigenvalue weighted by molar-refractivity contribution is 0.969. The Bertz CT molecular complexity index is 609. The normalized spacial score (nSPS) is 11.0. The molecule has 1 N–H and O–H groups in total. The molecule has 0 spiro atoms. The van der Waals surface area contributed by atoms with E-state index >= 15 is 0 Å². The lowest BCUT2D eigenvalue weighted by atomic mass is 10.0. The Morgan fingerprint density at radius 2 is 1.84 bits per heavy atom. The van der Waals surface area contributed by atoms with Crippen molar-refractivity contribution in [1.29, 1.82) is 0 Å². The molecular formula is C15H18Cl2N2. The minimum atomic E-state index is 0.643. The van der Waals surface area contributed by atoms with Crippen LogP contribution in [0.25, 0.3) is 10.9 Å². The van der Waals surface area contributed by atoms with Gasteiger partial charge in [0.2, 0.25) is 0 Å². The summed E-state index contributed by atoms with van der Waals surface area (Å²) in [5.74, 6) is 0. The lowest BCUT2D eigenvalue weighted by Crippen LogP contribution is -2.07. The molecule has 0 saturated carbocycles. The molecule has 0 aliphatic carbocycles. The van der Waals surface area contributed by atoms with Crippen LogP contribution in [-0.4, -0.2) is 11.5 Å². The standard InChI is InChI=1S/C15H18Cl2N2/c1-4-8-18-14-10(5-2)9(3)19-15-12(17)7-6-11(16)13(14)15/h6-7H,4-5,8H2,1-3H3,(H,18,19). The van der Waals surface area contributed by atoms with E-state index in [4.69, 9.17) is 23.2 Å². The minimum Gasteiger partial charge on any atom is -0.384 e. The summed E-state index contributed by atoms with van der Waals surface area (Å²) in [7, 11) is 0. The summed E-state index contributed by atoms with van der Waals surface area (Å²) < 4.78 is 0. The van der Waals surface area contributed by atoms with Crippen molar-refractivity contribution >= 4 is 39.8 Å². The van der Waals surface area contributed by atoms with Gasteiger partial charge in [-0.2, -0.15) is 0 Å². The number of anilines is 1. The summed E-state index contributed by atoms with van der Waals surface area (Å²) in [6.07, 6.45) is 1.98. The van der Waals surface area contributed by atoms with Gasteiger partial charge in [-0.1, -0.05) is 37.0 Å². The molecule has 0 aliphatic heterocycles. The van der Waals surface area contributed by atoms with Crippen LogP contribution in [0.2, 0.25) is 10.0 Å². The highest BCUT2D eigenvalue weighted by molar-refractivity contribution is 6.41. The van der Waals surface area contributed by atoms with Crippen LogP contribution in [0.15, 0.2) is 12.1 Å². The Balaban J connectivity index is 2.80. The van der Waals surface area contributed by atoms with Crippen LogP contribution >= 0.6 is 23.2 Å². The highest BCUT2D eigenvalue weighted by Crippen LogP contribution is 2.37. The fourth-order valence-corrected chi connectivity index (χ4v) is 2.78. The van der Waals surface area contributed by atoms with Gasteiger partial charge in [-0.25, -0.2) is 0 Å². The summed E-state index contributed by atoms with van der Waals surface area (Å²) >= 11 is 12.6. The van der Waals surface area contributed by atoms with E-state index in [0.717, 1.165) is 41.7 Å². The SMILES string of the molecule is CCCNc1c(CC)c(C)nc2c(Cl)ccc(Cl)c12. The average Bonchev–Trinajstić information content (AvgIpc) is 2.40. The molecular weight excluding hydrogens is 279 g/mol. The number of aryl methyl sites for hydroxylation is 1. The highest BCUT2D eigenvalue weighted by atomic mass is 35.5. The number of pyridine rings is 1. The predicted molar refractivity (Wildman–Crippen MR) is 84.7 cm³/mol. The van der Waals surface area contributed by atoms with E-state index in [1.54, 1.807) is 6.07 Å². The number of aromatic nitrogens is 1. The third-order valence-corrected chi connectivity index (χ3v) is 3.87. The number of nitrogens with one attached hydrogen (secondary N) is 1. The zero-order chi connectivity index (χ0) is 14.0. The van der Waals surface area contributed by atoms with Crippen LogP contribution in [0.3, 0.4) is 0 Å². The number of fused-ring (bicyclic) bond motifs is 1. The van der Waals surface area contributed by atoms with Crippen LogP contribution in [0.1, 0.15) is 31.5 Å². The Hall–Kier alpha value is -0.990. The topological polar surface area (TPSA) is 24.9 Å². The van der Waals surface area contributed by atoms with Crippen LogP contribution in [0.4, 0.5) is 5.69 Å². The maximum atomic E-state index is 6.36. The molecule has 1 aromatic heterocycles. The fourth-order valence-electron chi connectivity index (χ4n) is 2.33. The molecule has 1 heterocycles. The smallest absolute Gasteiger partial charge is 0.0927 e. The van der Waals surface area contributed by atoms with Gasteiger partial charge in [-0.15, -0.1) is 0 Å². The average molecular weight is 297 g/mol. The van der Waals surface area contributed by atoms with E-state index in [9.17, 15) is 0 Å². The van der Waals surface area contributed by atoms with Gasteiger partial charge in [0.05, 0.1) is 21.2 Å². The van der Waals surface area contributed by atoms with Crippen molar-refractivity contribution in [3.05, 3.63) is 33.4 Å². The largest absolute Gasteiger partial charge is 0.384 e. The summed E-state index contributed by atoms with van der Waals surface area (Å²) in [5, 5.41) is 5.76. The van der Waals surface area contributed by atoms with E-state index in [1.807, 2.05) is 13.0 Å². The summed E-state index contributed by atoms with van der Waals surface area (Å²) in [4.78, 5) is 4.62. The Labute approximate surface area is 124 Å².